The van der Waals surface area contributed by atoms with E-state index in [-0.39, 0.29) is 0 Å². The van der Waals surface area contributed by atoms with E-state index in [4.69, 9.17) is 43.0 Å². The fraction of sp³-hybridized carbons (Fsp3) is 0.450. The Hall–Kier alpha value is -2.29. The van der Waals surface area contributed by atoms with Crippen molar-refractivity contribution in [3.8, 4) is 0 Å². The molecule has 8 nitrogen and oxygen atoms in total. The summed E-state index contributed by atoms with van der Waals surface area (Å²) in [5.41, 5.74) is -0.0832. The highest BCUT2D eigenvalue weighted by atomic mass is 35.5. The molecular formula is C20H28Cl2N2O6. The van der Waals surface area contributed by atoms with Crippen LogP contribution in [-0.2, 0) is 15.0 Å². The normalized spacial score (nSPS) is 12.7. The smallest absolute Gasteiger partial charge is 0.414 e. The van der Waals surface area contributed by atoms with Gasteiger partial charge in [-0.3, -0.25) is 0 Å². The molecule has 0 fully saturated rings. The number of allylic oxidation sites excluding steroid dienone is 1. The minimum absolute atomic E-state index is 0.316. The van der Waals surface area contributed by atoms with Crippen LogP contribution in [0.1, 0.15) is 32.8 Å². The highest BCUT2D eigenvalue weighted by Gasteiger charge is 2.38. The van der Waals surface area contributed by atoms with Crippen molar-refractivity contribution < 1.29 is 29.7 Å². The molecular weight excluding hydrogens is 435 g/mol. The molecule has 0 heterocycles. The van der Waals surface area contributed by atoms with E-state index in [0.717, 1.165) is 5.56 Å². The van der Waals surface area contributed by atoms with Crippen molar-refractivity contribution in [3.63, 3.8) is 0 Å². The Labute approximate surface area is 186 Å². The Balaban J connectivity index is 0.00000122. The van der Waals surface area contributed by atoms with Crippen molar-refractivity contribution in [3.05, 3.63) is 46.5 Å². The molecule has 1 aromatic carbocycles. The number of amides is 1. The third-order valence-corrected chi connectivity index (χ3v) is 5.01. The number of benzene rings is 1. The molecule has 0 saturated heterocycles. The van der Waals surface area contributed by atoms with Gasteiger partial charge in [-0.25, -0.2) is 14.4 Å². The quantitative estimate of drug-likeness (QED) is 0.356. The zero-order chi connectivity index (χ0) is 23.7. The highest BCUT2D eigenvalue weighted by molar-refractivity contribution is 6.42. The lowest BCUT2D eigenvalue weighted by atomic mass is 9.76. The molecule has 1 aromatic rings. The second-order valence-corrected chi connectivity index (χ2v) is 8.40. The average molecular weight is 463 g/mol. The molecule has 0 spiro atoms. The molecule has 1 amide bonds. The van der Waals surface area contributed by atoms with E-state index in [2.05, 4.69) is 11.9 Å². The van der Waals surface area contributed by atoms with Gasteiger partial charge in [0.25, 0.3) is 0 Å². The molecule has 10 heteroatoms. The number of carboxylic acid groups (broad SMARTS) is 3. The van der Waals surface area contributed by atoms with E-state index in [1.54, 1.807) is 6.07 Å². The predicted octanol–water partition coefficient (Wildman–Crippen LogP) is 3.96. The molecule has 0 radical (unpaired) electrons. The van der Waals surface area contributed by atoms with Crippen LogP contribution in [0.15, 0.2) is 30.9 Å². The molecule has 0 saturated carbocycles. The maximum atomic E-state index is 11.8. The minimum atomic E-state index is -1.82. The number of nitrogens with one attached hydrogen (secondary N) is 1. The number of hydrogen-bond donors (Lipinski definition) is 4. The van der Waals surface area contributed by atoms with Crippen molar-refractivity contribution in [2.45, 2.75) is 38.1 Å². The zero-order valence-electron chi connectivity index (χ0n) is 17.4. The van der Waals surface area contributed by atoms with Crippen LogP contribution in [-0.4, -0.2) is 63.9 Å². The Morgan fingerprint density at radius 1 is 1.10 bits per heavy atom. The topological polar surface area (TPSA) is 127 Å². The standard InChI is InChI=1S/C18H26Cl2N2O2.C2H2O4/c1-6-9-18(11-21-5,12-22(16(23)24)17(2,3)4)13-7-8-14(19)15(20)10-13;3-1(4)2(5)6/h6-8,10,21H,1,9,11-12H2,2-5H3,(H,23,24);(H,3,4)(H,5,6). The van der Waals surface area contributed by atoms with Gasteiger partial charge in [-0.2, -0.15) is 0 Å². The Morgan fingerprint density at radius 2 is 1.63 bits per heavy atom. The van der Waals surface area contributed by atoms with Gasteiger partial charge < -0.3 is 25.5 Å². The number of halogens is 2. The monoisotopic (exact) mass is 462 g/mol. The van der Waals surface area contributed by atoms with Gasteiger partial charge in [0.2, 0.25) is 0 Å². The van der Waals surface area contributed by atoms with Crippen molar-refractivity contribution in [2.24, 2.45) is 0 Å². The number of carboxylic acids is 2. The number of aliphatic carboxylic acids is 2. The van der Waals surface area contributed by atoms with Crippen molar-refractivity contribution >= 4 is 41.2 Å². The number of hydrogen-bond acceptors (Lipinski definition) is 4. The molecule has 0 aliphatic heterocycles. The summed E-state index contributed by atoms with van der Waals surface area (Å²) in [6.07, 6.45) is 1.46. The van der Waals surface area contributed by atoms with Gasteiger partial charge in [-0.1, -0.05) is 35.3 Å². The Morgan fingerprint density at radius 3 is 1.97 bits per heavy atom. The second kappa shape index (κ2) is 11.8. The molecule has 0 bridgehead atoms. The van der Waals surface area contributed by atoms with Crippen LogP contribution in [0.25, 0.3) is 0 Å². The van der Waals surface area contributed by atoms with E-state index in [0.29, 0.717) is 29.6 Å². The lowest BCUT2D eigenvalue weighted by Gasteiger charge is -2.42. The molecule has 4 N–H and O–H groups in total. The summed E-state index contributed by atoms with van der Waals surface area (Å²) < 4.78 is 0. The second-order valence-electron chi connectivity index (χ2n) is 7.58. The fourth-order valence-corrected chi connectivity index (χ4v) is 3.14. The lowest BCUT2D eigenvalue weighted by molar-refractivity contribution is -0.159. The number of nitrogens with zero attached hydrogens (tertiary/aromatic N) is 1. The third kappa shape index (κ3) is 8.22. The van der Waals surface area contributed by atoms with Crippen LogP contribution in [0.4, 0.5) is 4.79 Å². The molecule has 1 atom stereocenters. The predicted molar refractivity (Wildman–Crippen MR) is 117 cm³/mol. The van der Waals surface area contributed by atoms with Gasteiger partial charge in [-0.05, 0) is 51.9 Å². The number of likely N-dealkylation sites (N-methyl/N-ethyl adjacent to an activating group) is 1. The maximum absolute atomic E-state index is 11.8. The van der Waals surface area contributed by atoms with E-state index >= 15 is 0 Å². The Kier molecular flexibility index (Phi) is 10.9. The molecule has 30 heavy (non-hydrogen) atoms. The van der Waals surface area contributed by atoms with Gasteiger partial charge in [-0.15, -0.1) is 6.58 Å². The molecule has 1 unspecified atom stereocenters. The maximum Gasteiger partial charge on any atom is 0.414 e. The van der Waals surface area contributed by atoms with Crippen molar-refractivity contribution in [1.29, 1.82) is 0 Å². The molecule has 0 aromatic heterocycles. The minimum Gasteiger partial charge on any atom is -0.473 e. The largest absolute Gasteiger partial charge is 0.473 e. The third-order valence-electron chi connectivity index (χ3n) is 4.27. The van der Waals surface area contributed by atoms with Crippen molar-refractivity contribution in [2.75, 3.05) is 20.1 Å². The van der Waals surface area contributed by atoms with E-state index < -0.39 is 29.0 Å². The number of rotatable bonds is 7. The average Bonchev–Trinajstić information content (AvgIpc) is 2.61. The van der Waals surface area contributed by atoms with Crippen LogP contribution in [0.3, 0.4) is 0 Å². The van der Waals surface area contributed by atoms with Crippen LogP contribution in [0.2, 0.25) is 10.0 Å². The number of carbonyl (C=O) groups is 3. The van der Waals surface area contributed by atoms with Crippen LogP contribution in [0, 0.1) is 0 Å². The first-order valence-corrected chi connectivity index (χ1v) is 9.65. The molecule has 0 aliphatic rings. The SMILES string of the molecule is C=CCC(CNC)(CN(C(=O)O)C(C)(C)C)c1ccc(Cl)c(Cl)c1.O=C(O)C(=O)O. The summed E-state index contributed by atoms with van der Waals surface area (Å²) in [5, 5.41) is 28.6. The van der Waals surface area contributed by atoms with Crippen LogP contribution >= 0.6 is 23.2 Å². The summed E-state index contributed by atoms with van der Waals surface area (Å²) in [5.74, 6) is -3.65. The van der Waals surface area contributed by atoms with Crippen LogP contribution < -0.4 is 5.32 Å². The molecule has 0 aliphatic carbocycles. The van der Waals surface area contributed by atoms with E-state index in [1.165, 1.54) is 4.90 Å². The highest BCUT2D eigenvalue weighted by Crippen LogP contribution is 2.35. The first-order chi connectivity index (χ1) is 13.7. The summed E-state index contributed by atoms with van der Waals surface area (Å²) in [4.78, 5) is 31.5. The first-order valence-electron chi connectivity index (χ1n) is 8.89. The fourth-order valence-electron chi connectivity index (χ4n) is 2.84. The van der Waals surface area contributed by atoms with Crippen molar-refractivity contribution in [1.82, 2.24) is 10.2 Å². The summed E-state index contributed by atoms with van der Waals surface area (Å²) in [6, 6.07) is 5.46. The Bertz CT molecular complexity index is 767. The van der Waals surface area contributed by atoms with Gasteiger partial charge in [0.1, 0.15) is 0 Å². The van der Waals surface area contributed by atoms with Gasteiger partial charge in [0.05, 0.1) is 10.0 Å². The molecule has 1 rings (SSSR count). The lowest BCUT2D eigenvalue weighted by Crippen LogP contribution is -2.54. The zero-order valence-corrected chi connectivity index (χ0v) is 18.9. The summed E-state index contributed by atoms with van der Waals surface area (Å²) in [7, 11) is 1.84. The summed E-state index contributed by atoms with van der Waals surface area (Å²) >= 11 is 12.2. The summed E-state index contributed by atoms with van der Waals surface area (Å²) in [6.45, 7) is 10.4. The first kappa shape index (κ1) is 27.7. The van der Waals surface area contributed by atoms with Gasteiger partial charge in [0, 0.05) is 24.0 Å². The van der Waals surface area contributed by atoms with E-state index in [9.17, 15) is 9.90 Å². The van der Waals surface area contributed by atoms with Crippen LogP contribution in [0.5, 0.6) is 0 Å². The van der Waals surface area contributed by atoms with Gasteiger partial charge in [0.15, 0.2) is 0 Å². The van der Waals surface area contributed by atoms with E-state index in [1.807, 2.05) is 46.0 Å². The molecule has 168 valence electrons. The van der Waals surface area contributed by atoms with Gasteiger partial charge >= 0.3 is 18.0 Å².